The molecule has 0 aliphatic heterocycles. The van der Waals surface area contributed by atoms with Crippen LogP contribution in [0.5, 0.6) is 0 Å². The highest BCUT2D eigenvalue weighted by molar-refractivity contribution is 7.99. The van der Waals surface area contributed by atoms with Crippen molar-refractivity contribution in [1.29, 1.82) is 0 Å². The van der Waals surface area contributed by atoms with Gasteiger partial charge in [-0.3, -0.25) is 4.79 Å². The number of hydrogen-bond donors (Lipinski definition) is 1. The molecule has 2 nitrogen and oxygen atoms in total. The Morgan fingerprint density at radius 3 is 2.91 bits per heavy atom. The molecular formula is C8H13NOS. The smallest absolute Gasteiger partial charge is 0.230 e. The molecule has 0 saturated heterocycles. The van der Waals surface area contributed by atoms with E-state index in [4.69, 9.17) is 6.42 Å². The lowest BCUT2D eigenvalue weighted by Gasteiger charge is -2.09. The van der Waals surface area contributed by atoms with Gasteiger partial charge in [0.15, 0.2) is 0 Å². The Labute approximate surface area is 72.1 Å². The maximum Gasteiger partial charge on any atom is 0.230 e. The molecule has 1 atom stereocenters. The van der Waals surface area contributed by atoms with Gasteiger partial charge >= 0.3 is 0 Å². The number of rotatable bonds is 4. The molecule has 1 unspecified atom stereocenters. The molecule has 0 aromatic carbocycles. The Hall–Kier alpha value is -0.620. The first-order valence-corrected chi connectivity index (χ1v) is 4.81. The third-order valence-electron chi connectivity index (χ3n) is 1.11. The van der Waals surface area contributed by atoms with E-state index in [1.807, 2.05) is 13.2 Å². The number of amides is 1. The van der Waals surface area contributed by atoms with Crippen LogP contribution in [0.2, 0.25) is 0 Å². The van der Waals surface area contributed by atoms with Gasteiger partial charge in [-0.15, -0.1) is 12.3 Å². The molecule has 0 heterocycles. The number of thioether (sulfide) groups is 1. The summed E-state index contributed by atoms with van der Waals surface area (Å²) < 4.78 is 0. The van der Waals surface area contributed by atoms with Crippen LogP contribution >= 0.6 is 11.8 Å². The van der Waals surface area contributed by atoms with E-state index in [-0.39, 0.29) is 11.9 Å². The normalized spacial score (nSPS) is 11.7. The van der Waals surface area contributed by atoms with Crippen molar-refractivity contribution in [3.05, 3.63) is 0 Å². The fourth-order valence-electron chi connectivity index (χ4n) is 0.675. The highest BCUT2D eigenvalue weighted by Gasteiger charge is 2.03. The first kappa shape index (κ1) is 10.4. The van der Waals surface area contributed by atoms with Crippen molar-refractivity contribution < 1.29 is 4.79 Å². The molecule has 0 saturated carbocycles. The van der Waals surface area contributed by atoms with Crippen LogP contribution in [0.4, 0.5) is 0 Å². The molecule has 0 aliphatic carbocycles. The fourth-order valence-corrected chi connectivity index (χ4v) is 1.02. The molecule has 0 rings (SSSR count). The van der Waals surface area contributed by atoms with Crippen LogP contribution in [0.1, 0.15) is 13.3 Å². The fraction of sp³-hybridized carbons (Fsp3) is 0.625. The minimum Gasteiger partial charge on any atom is -0.352 e. The van der Waals surface area contributed by atoms with Gasteiger partial charge in [0.2, 0.25) is 5.91 Å². The SMILES string of the molecule is C#CCC(C)NC(=O)CSC. The second-order valence-electron chi connectivity index (χ2n) is 2.31. The van der Waals surface area contributed by atoms with E-state index in [2.05, 4.69) is 11.2 Å². The summed E-state index contributed by atoms with van der Waals surface area (Å²) in [5.74, 6) is 3.06. The van der Waals surface area contributed by atoms with Gasteiger partial charge in [-0.05, 0) is 13.2 Å². The molecule has 3 heteroatoms. The van der Waals surface area contributed by atoms with E-state index in [9.17, 15) is 4.79 Å². The Kier molecular flexibility index (Phi) is 5.77. The Bertz CT molecular complexity index is 162. The third-order valence-corrected chi connectivity index (χ3v) is 1.66. The second kappa shape index (κ2) is 6.11. The molecule has 0 aromatic rings. The van der Waals surface area contributed by atoms with Gasteiger partial charge in [0.05, 0.1) is 5.75 Å². The summed E-state index contributed by atoms with van der Waals surface area (Å²) in [7, 11) is 0. The molecule has 0 spiro atoms. The van der Waals surface area contributed by atoms with Crippen LogP contribution in [0.25, 0.3) is 0 Å². The van der Waals surface area contributed by atoms with E-state index >= 15 is 0 Å². The minimum atomic E-state index is 0.0558. The molecule has 0 fully saturated rings. The van der Waals surface area contributed by atoms with Crippen LogP contribution < -0.4 is 5.32 Å². The number of hydrogen-bond acceptors (Lipinski definition) is 2. The van der Waals surface area contributed by atoms with Crippen LogP contribution in [-0.2, 0) is 4.79 Å². The predicted octanol–water partition coefficient (Wildman–Crippen LogP) is 0.877. The summed E-state index contributed by atoms with van der Waals surface area (Å²) in [6.07, 6.45) is 7.56. The summed E-state index contributed by atoms with van der Waals surface area (Å²) in [5, 5.41) is 2.78. The van der Waals surface area contributed by atoms with Crippen molar-refractivity contribution in [3.8, 4) is 12.3 Å². The van der Waals surface area contributed by atoms with Gasteiger partial charge < -0.3 is 5.32 Å². The first-order valence-electron chi connectivity index (χ1n) is 3.42. The van der Waals surface area contributed by atoms with E-state index in [0.29, 0.717) is 12.2 Å². The largest absolute Gasteiger partial charge is 0.352 e. The molecule has 11 heavy (non-hydrogen) atoms. The minimum absolute atomic E-state index is 0.0558. The van der Waals surface area contributed by atoms with Gasteiger partial charge in [0.25, 0.3) is 0 Å². The Morgan fingerprint density at radius 2 is 2.45 bits per heavy atom. The highest BCUT2D eigenvalue weighted by Crippen LogP contribution is 1.92. The number of carbonyl (C=O) groups is 1. The summed E-state index contributed by atoms with van der Waals surface area (Å²) in [5.41, 5.74) is 0. The molecule has 0 radical (unpaired) electrons. The molecule has 1 N–H and O–H groups in total. The lowest BCUT2D eigenvalue weighted by atomic mass is 10.2. The summed E-state index contributed by atoms with van der Waals surface area (Å²) in [6, 6.07) is 0.0969. The third kappa shape index (κ3) is 5.81. The van der Waals surface area contributed by atoms with Gasteiger partial charge in [0.1, 0.15) is 0 Å². The molecule has 0 aromatic heterocycles. The van der Waals surface area contributed by atoms with E-state index in [1.165, 1.54) is 11.8 Å². The van der Waals surface area contributed by atoms with E-state index in [1.54, 1.807) is 0 Å². The molecule has 0 bridgehead atoms. The van der Waals surface area contributed by atoms with Crippen molar-refractivity contribution in [2.75, 3.05) is 12.0 Å². The maximum absolute atomic E-state index is 10.9. The monoisotopic (exact) mass is 171 g/mol. The number of terminal acetylenes is 1. The maximum atomic E-state index is 10.9. The van der Waals surface area contributed by atoms with Crippen LogP contribution in [0.15, 0.2) is 0 Å². The standard InChI is InChI=1S/C8H13NOS/c1-4-5-7(2)9-8(10)6-11-3/h1,7H,5-6H2,2-3H3,(H,9,10). The molecule has 62 valence electrons. The molecule has 1 amide bonds. The molecular weight excluding hydrogens is 158 g/mol. The quantitative estimate of drug-likeness (QED) is 0.636. The Balaban J connectivity index is 3.50. The van der Waals surface area contributed by atoms with Crippen molar-refractivity contribution in [3.63, 3.8) is 0 Å². The van der Waals surface area contributed by atoms with Gasteiger partial charge in [-0.1, -0.05) is 0 Å². The summed E-state index contributed by atoms with van der Waals surface area (Å²) in [4.78, 5) is 10.9. The zero-order chi connectivity index (χ0) is 8.69. The molecule has 0 aliphatic rings. The number of carbonyl (C=O) groups excluding carboxylic acids is 1. The average Bonchev–Trinajstić information content (AvgIpc) is 1.87. The first-order chi connectivity index (χ1) is 5.20. The average molecular weight is 171 g/mol. The van der Waals surface area contributed by atoms with Gasteiger partial charge in [0, 0.05) is 12.5 Å². The van der Waals surface area contributed by atoms with Crippen molar-refractivity contribution in [2.24, 2.45) is 0 Å². The van der Waals surface area contributed by atoms with E-state index < -0.39 is 0 Å². The second-order valence-corrected chi connectivity index (χ2v) is 3.18. The lowest BCUT2D eigenvalue weighted by molar-refractivity contribution is -0.119. The summed E-state index contributed by atoms with van der Waals surface area (Å²) in [6.45, 7) is 1.90. The lowest BCUT2D eigenvalue weighted by Crippen LogP contribution is -2.33. The van der Waals surface area contributed by atoms with Crippen LogP contribution in [0, 0.1) is 12.3 Å². The van der Waals surface area contributed by atoms with Crippen LogP contribution in [-0.4, -0.2) is 24.0 Å². The number of nitrogens with one attached hydrogen (secondary N) is 1. The van der Waals surface area contributed by atoms with Gasteiger partial charge in [-0.2, -0.15) is 11.8 Å². The topological polar surface area (TPSA) is 29.1 Å². The zero-order valence-electron chi connectivity index (χ0n) is 6.89. The van der Waals surface area contributed by atoms with Gasteiger partial charge in [-0.25, -0.2) is 0 Å². The highest BCUT2D eigenvalue weighted by atomic mass is 32.2. The summed E-state index contributed by atoms with van der Waals surface area (Å²) >= 11 is 1.51. The van der Waals surface area contributed by atoms with Crippen molar-refractivity contribution in [2.45, 2.75) is 19.4 Å². The zero-order valence-corrected chi connectivity index (χ0v) is 7.70. The van der Waals surface area contributed by atoms with Crippen molar-refractivity contribution in [1.82, 2.24) is 5.32 Å². The predicted molar refractivity (Wildman–Crippen MR) is 49.4 cm³/mol. The van der Waals surface area contributed by atoms with Crippen LogP contribution in [0.3, 0.4) is 0 Å². The van der Waals surface area contributed by atoms with E-state index in [0.717, 1.165) is 0 Å². The Morgan fingerprint density at radius 1 is 1.82 bits per heavy atom. The van der Waals surface area contributed by atoms with Crippen molar-refractivity contribution >= 4 is 17.7 Å².